The van der Waals surface area contributed by atoms with E-state index >= 15 is 0 Å². The molecule has 0 aromatic heterocycles. The number of hydrogen-bond acceptors (Lipinski definition) is 2. The highest BCUT2D eigenvalue weighted by molar-refractivity contribution is 9.10. The molecule has 0 amide bonds. The fraction of sp³-hybridized carbons (Fsp3) is 0.200. The average molecular weight is 359 g/mol. The Labute approximate surface area is 129 Å². The van der Waals surface area contributed by atoms with Gasteiger partial charge >= 0.3 is 0 Å². The van der Waals surface area contributed by atoms with Crippen LogP contribution in [0.4, 0.5) is 18.9 Å². The Bertz CT molecular complexity index is 638. The van der Waals surface area contributed by atoms with E-state index in [1.807, 2.05) is 25.1 Å². The minimum Gasteiger partial charge on any atom is -0.376 e. The van der Waals surface area contributed by atoms with E-state index in [9.17, 15) is 13.2 Å². The van der Waals surface area contributed by atoms with Gasteiger partial charge in [-0.15, -0.1) is 0 Å². The second kappa shape index (κ2) is 6.49. The van der Waals surface area contributed by atoms with Crippen LogP contribution in [0, 0.1) is 24.4 Å². The first-order valence-electron chi connectivity index (χ1n) is 6.29. The van der Waals surface area contributed by atoms with Crippen molar-refractivity contribution in [3.05, 3.63) is 63.4 Å². The number of halogens is 4. The lowest BCUT2D eigenvalue weighted by Gasteiger charge is -2.20. The molecule has 0 aliphatic rings. The van der Waals surface area contributed by atoms with Gasteiger partial charge in [0.2, 0.25) is 0 Å². The fourth-order valence-electron chi connectivity index (χ4n) is 1.99. The molecule has 0 saturated heterocycles. The van der Waals surface area contributed by atoms with Crippen LogP contribution in [0.3, 0.4) is 0 Å². The maximum Gasteiger partial charge on any atom is 0.194 e. The van der Waals surface area contributed by atoms with Crippen molar-refractivity contribution in [2.75, 3.05) is 11.9 Å². The summed E-state index contributed by atoms with van der Waals surface area (Å²) < 4.78 is 40.5. The first-order chi connectivity index (χ1) is 9.92. The summed E-state index contributed by atoms with van der Waals surface area (Å²) in [6.45, 7) is 2.02. The second-order valence-electron chi connectivity index (χ2n) is 4.71. The molecule has 21 heavy (non-hydrogen) atoms. The molecule has 2 nitrogen and oxygen atoms in total. The third-order valence-corrected chi connectivity index (χ3v) is 3.79. The van der Waals surface area contributed by atoms with Gasteiger partial charge < -0.3 is 11.1 Å². The summed E-state index contributed by atoms with van der Waals surface area (Å²) in [5.74, 6) is -3.94. The molecule has 0 fully saturated rings. The highest BCUT2D eigenvalue weighted by Gasteiger charge is 2.17. The van der Waals surface area contributed by atoms with Gasteiger partial charge in [-0.3, -0.25) is 0 Å². The van der Waals surface area contributed by atoms with Crippen molar-refractivity contribution in [1.82, 2.24) is 0 Å². The molecule has 0 radical (unpaired) electrons. The predicted octanol–water partition coefficient (Wildman–Crippen LogP) is 4.29. The monoisotopic (exact) mass is 358 g/mol. The van der Waals surface area contributed by atoms with Gasteiger partial charge in [0.15, 0.2) is 17.5 Å². The molecule has 6 heteroatoms. The van der Waals surface area contributed by atoms with Crippen LogP contribution in [0.1, 0.15) is 17.2 Å². The number of aryl methyl sites for hydroxylation is 1. The molecule has 0 spiro atoms. The van der Waals surface area contributed by atoms with Crippen LogP contribution in [-0.4, -0.2) is 6.54 Å². The standard InChI is InChI=1S/C15H14BrF3N2/c1-8-2-3-10(16)13(4-8)21-14(7-20)9-5-11(17)15(19)12(18)6-9/h2-6,14,21H,7,20H2,1H3. The zero-order valence-electron chi connectivity index (χ0n) is 11.3. The number of nitrogens with one attached hydrogen (secondary N) is 1. The molecule has 112 valence electrons. The Morgan fingerprint density at radius 3 is 2.33 bits per heavy atom. The van der Waals surface area contributed by atoms with Gasteiger partial charge in [-0.25, -0.2) is 13.2 Å². The summed E-state index contributed by atoms with van der Waals surface area (Å²) in [5, 5.41) is 3.10. The Morgan fingerprint density at radius 1 is 1.14 bits per heavy atom. The van der Waals surface area contributed by atoms with Crippen molar-refractivity contribution in [2.45, 2.75) is 13.0 Å². The summed E-state index contributed by atoms with van der Waals surface area (Å²) >= 11 is 3.39. The average Bonchev–Trinajstić information content (AvgIpc) is 2.45. The minimum atomic E-state index is -1.48. The Morgan fingerprint density at radius 2 is 1.76 bits per heavy atom. The topological polar surface area (TPSA) is 38.0 Å². The van der Waals surface area contributed by atoms with Crippen molar-refractivity contribution >= 4 is 21.6 Å². The smallest absolute Gasteiger partial charge is 0.194 e. The van der Waals surface area contributed by atoms with Crippen LogP contribution in [0.25, 0.3) is 0 Å². The molecule has 0 saturated carbocycles. The maximum absolute atomic E-state index is 13.3. The molecule has 3 N–H and O–H groups in total. The summed E-state index contributed by atoms with van der Waals surface area (Å²) in [5.41, 5.74) is 7.68. The quantitative estimate of drug-likeness (QED) is 0.800. The lowest BCUT2D eigenvalue weighted by Crippen LogP contribution is -2.21. The van der Waals surface area contributed by atoms with Crippen LogP contribution in [0.15, 0.2) is 34.8 Å². The van der Waals surface area contributed by atoms with Gasteiger partial charge in [-0.2, -0.15) is 0 Å². The van der Waals surface area contributed by atoms with Gasteiger partial charge in [0.1, 0.15) is 0 Å². The number of anilines is 1. The first kappa shape index (κ1) is 15.9. The summed E-state index contributed by atoms with van der Waals surface area (Å²) in [6.07, 6.45) is 0. The predicted molar refractivity (Wildman–Crippen MR) is 80.6 cm³/mol. The van der Waals surface area contributed by atoms with E-state index in [0.717, 1.165) is 27.9 Å². The van der Waals surface area contributed by atoms with Crippen LogP contribution in [0.5, 0.6) is 0 Å². The van der Waals surface area contributed by atoms with E-state index < -0.39 is 23.5 Å². The van der Waals surface area contributed by atoms with Crippen molar-refractivity contribution in [3.8, 4) is 0 Å². The lowest BCUT2D eigenvalue weighted by atomic mass is 10.1. The van der Waals surface area contributed by atoms with E-state index in [2.05, 4.69) is 21.2 Å². The molecule has 2 rings (SSSR count). The van der Waals surface area contributed by atoms with Gasteiger partial charge in [0.25, 0.3) is 0 Å². The van der Waals surface area contributed by atoms with E-state index in [4.69, 9.17) is 5.73 Å². The zero-order valence-corrected chi connectivity index (χ0v) is 12.8. The second-order valence-corrected chi connectivity index (χ2v) is 5.57. The largest absolute Gasteiger partial charge is 0.376 e. The van der Waals surface area contributed by atoms with Crippen LogP contribution in [-0.2, 0) is 0 Å². The van der Waals surface area contributed by atoms with E-state index in [1.54, 1.807) is 0 Å². The molecule has 1 atom stereocenters. The van der Waals surface area contributed by atoms with E-state index in [1.165, 1.54) is 0 Å². The van der Waals surface area contributed by atoms with Gasteiger partial charge in [0, 0.05) is 16.7 Å². The third-order valence-electron chi connectivity index (χ3n) is 3.10. The minimum absolute atomic E-state index is 0.102. The van der Waals surface area contributed by atoms with E-state index in [-0.39, 0.29) is 12.1 Å². The van der Waals surface area contributed by atoms with Gasteiger partial charge in [-0.05, 0) is 58.2 Å². The Kier molecular flexibility index (Phi) is 4.90. The molecule has 0 aliphatic carbocycles. The van der Waals surface area contributed by atoms with Crippen molar-refractivity contribution in [3.63, 3.8) is 0 Å². The summed E-state index contributed by atoms with van der Waals surface area (Å²) in [6, 6.07) is 7.02. The molecule has 2 aromatic rings. The molecule has 2 aromatic carbocycles. The van der Waals surface area contributed by atoms with Crippen molar-refractivity contribution in [1.29, 1.82) is 0 Å². The van der Waals surface area contributed by atoms with E-state index in [0.29, 0.717) is 0 Å². The maximum atomic E-state index is 13.3. The number of benzene rings is 2. The molecular formula is C15H14BrF3N2. The summed E-state index contributed by atoms with van der Waals surface area (Å²) in [4.78, 5) is 0. The number of rotatable bonds is 4. The Balaban J connectivity index is 2.34. The molecule has 1 unspecified atom stereocenters. The van der Waals surface area contributed by atoms with Crippen molar-refractivity contribution in [2.24, 2.45) is 5.73 Å². The molecule has 0 bridgehead atoms. The molecule has 0 aliphatic heterocycles. The fourth-order valence-corrected chi connectivity index (χ4v) is 2.35. The van der Waals surface area contributed by atoms with Crippen LogP contribution >= 0.6 is 15.9 Å². The highest BCUT2D eigenvalue weighted by atomic mass is 79.9. The molecular weight excluding hydrogens is 345 g/mol. The van der Waals surface area contributed by atoms with Crippen LogP contribution in [0.2, 0.25) is 0 Å². The molecule has 0 heterocycles. The number of nitrogens with two attached hydrogens (primary N) is 1. The normalized spacial score (nSPS) is 12.3. The third kappa shape index (κ3) is 3.57. The Hall–Kier alpha value is -1.53. The lowest BCUT2D eigenvalue weighted by molar-refractivity contribution is 0.444. The highest BCUT2D eigenvalue weighted by Crippen LogP contribution is 2.28. The summed E-state index contributed by atoms with van der Waals surface area (Å²) in [7, 11) is 0. The van der Waals surface area contributed by atoms with Crippen molar-refractivity contribution < 1.29 is 13.2 Å². The van der Waals surface area contributed by atoms with Gasteiger partial charge in [-0.1, -0.05) is 6.07 Å². The zero-order chi connectivity index (χ0) is 15.6. The SMILES string of the molecule is Cc1ccc(Br)c(NC(CN)c2cc(F)c(F)c(F)c2)c1. The first-order valence-corrected chi connectivity index (χ1v) is 7.09. The number of hydrogen-bond donors (Lipinski definition) is 2. The van der Waals surface area contributed by atoms with Gasteiger partial charge in [0.05, 0.1) is 6.04 Å². The van der Waals surface area contributed by atoms with Crippen LogP contribution < -0.4 is 11.1 Å².